The van der Waals surface area contributed by atoms with E-state index in [1.807, 2.05) is 6.07 Å². The Balaban J connectivity index is 2.88. The minimum Gasteiger partial charge on any atom is -0.298 e. The molecular weight excluding hydrogens is 228 g/mol. The largest absolute Gasteiger partial charge is 0.298 e. The fourth-order valence-electron chi connectivity index (χ4n) is 1.49. The molecule has 0 amide bonds. The van der Waals surface area contributed by atoms with Crippen molar-refractivity contribution in [3.05, 3.63) is 29.3 Å². The van der Waals surface area contributed by atoms with E-state index in [2.05, 4.69) is 25.3 Å². The second-order valence-corrected chi connectivity index (χ2v) is 4.46. The van der Waals surface area contributed by atoms with E-state index in [1.165, 1.54) is 10.5 Å². The van der Waals surface area contributed by atoms with Gasteiger partial charge in [0.15, 0.2) is 5.78 Å². The van der Waals surface area contributed by atoms with Crippen molar-refractivity contribution in [1.82, 2.24) is 0 Å². The van der Waals surface area contributed by atoms with E-state index >= 15 is 0 Å². The van der Waals surface area contributed by atoms with Crippen molar-refractivity contribution in [3.8, 4) is 0 Å². The van der Waals surface area contributed by atoms with Crippen LogP contribution in [-0.4, -0.2) is 17.9 Å². The van der Waals surface area contributed by atoms with Gasteiger partial charge in [0, 0.05) is 11.3 Å². The number of carbonyl (C=O) groups excluding carboxylic acids is 1. The molecule has 0 fully saturated rings. The van der Waals surface area contributed by atoms with Crippen LogP contribution < -0.4 is 0 Å². The van der Waals surface area contributed by atoms with Gasteiger partial charge >= 0.3 is 0 Å². The molecular formula is C12H15ClOS. The highest BCUT2D eigenvalue weighted by Gasteiger charge is 2.05. The number of carbonyl (C=O) groups is 1. The van der Waals surface area contributed by atoms with Gasteiger partial charge in [-0.2, -0.15) is 0 Å². The third-order valence-electron chi connectivity index (χ3n) is 2.28. The van der Waals surface area contributed by atoms with Crippen molar-refractivity contribution in [2.75, 3.05) is 12.1 Å². The minimum atomic E-state index is 0.0793. The summed E-state index contributed by atoms with van der Waals surface area (Å²) in [6.07, 6.45) is 3.52. The first kappa shape index (κ1) is 12.6. The molecule has 15 heavy (non-hydrogen) atoms. The standard InChI is InChI=1S/C12H15ClOS/c1-3-10-6-9(7-11(14)8-13)4-5-12(10)15-2/h4-6H,3,7-8H2,1-2H3. The molecule has 1 aromatic carbocycles. The number of thioether (sulfide) groups is 1. The summed E-state index contributed by atoms with van der Waals surface area (Å²) in [6.45, 7) is 2.13. The molecule has 0 aliphatic rings. The van der Waals surface area contributed by atoms with Crippen molar-refractivity contribution < 1.29 is 4.79 Å². The van der Waals surface area contributed by atoms with Gasteiger partial charge in [0.25, 0.3) is 0 Å². The SMILES string of the molecule is CCc1cc(CC(=O)CCl)ccc1SC. The van der Waals surface area contributed by atoms with Crippen LogP contribution in [0, 0.1) is 0 Å². The van der Waals surface area contributed by atoms with Crippen molar-refractivity contribution >= 4 is 29.1 Å². The second kappa shape index (κ2) is 6.19. The minimum absolute atomic E-state index is 0.0793. The lowest BCUT2D eigenvalue weighted by Crippen LogP contribution is -2.04. The van der Waals surface area contributed by atoms with Crippen LogP contribution in [0.2, 0.25) is 0 Å². The third kappa shape index (κ3) is 3.54. The summed E-state index contributed by atoms with van der Waals surface area (Å²) >= 11 is 7.22. The van der Waals surface area contributed by atoms with E-state index in [9.17, 15) is 4.79 Å². The first-order valence-electron chi connectivity index (χ1n) is 4.94. The van der Waals surface area contributed by atoms with Gasteiger partial charge in [-0.3, -0.25) is 4.79 Å². The highest BCUT2D eigenvalue weighted by Crippen LogP contribution is 2.22. The molecule has 3 heteroatoms. The molecule has 0 N–H and O–H groups in total. The number of aryl methyl sites for hydroxylation is 1. The number of benzene rings is 1. The van der Waals surface area contributed by atoms with Crippen LogP contribution in [0.4, 0.5) is 0 Å². The summed E-state index contributed by atoms with van der Waals surface area (Å²) in [5.74, 6) is 0.182. The Morgan fingerprint density at radius 2 is 2.20 bits per heavy atom. The summed E-state index contributed by atoms with van der Waals surface area (Å²) in [4.78, 5) is 12.5. The molecule has 0 bridgehead atoms. The third-order valence-corrected chi connectivity index (χ3v) is 3.41. The maximum atomic E-state index is 11.2. The van der Waals surface area contributed by atoms with Crippen LogP contribution in [-0.2, 0) is 17.6 Å². The molecule has 0 spiro atoms. The van der Waals surface area contributed by atoms with Gasteiger partial charge in [0.2, 0.25) is 0 Å². The monoisotopic (exact) mass is 242 g/mol. The number of hydrogen-bond acceptors (Lipinski definition) is 2. The van der Waals surface area contributed by atoms with E-state index < -0.39 is 0 Å². The Morgan fingerprint density at radius 3 is 2.73 bits per heavy atom. The number of Topliss-reactive ketones (excluding diaryl/α,β-unsaturated/α-hetero) is 1. The molecule has 1 nitrogen and oxygen atoms in total. The van der Waals surface area contributed by atoms with Gasteiger partial charge < -0.3 is 0 Å². The van der Waals surface area contributed by atoms with Gasteiger partial charge in [0.1, 0.15) is 0 Å². The maximum Gasteiger partial charge on any atom is 0.151 e. The molecule has 1 aromatic rings. The quantitative estimate of drug-likeness (QED) is 0.582. The van der Waals surface area contributed by atoms with Crippen LogP contribution in [0.3, 0.4) is 0 Å². The van der Waals surface area contributed by atoms with E-state index in [-0.39, 0.29) is 11.7 Å². The van der Waals surface area contributed by atoms with Crippen LogP contribution in [0.5, 0.6) is 0 Å². The summed E-state index contributed by atoms with van der Waals surface area (Å²) in [7, 11) is 0. The first-order valence-corrected chi connectivity index (χ1v) is 6.70. The predicted molar refractivity (Wildman–Crippen MR) is 67.0 cm³/mol. The van der Waals surface area contributed by atoms with Crippen LogP contribution in [0.15, 0.2) is 23.1 Å². The molecule has 82 valence electrons. The number of halogens is 1. The van der Waals surface area contributed by atoms with Crippen LogP contribution in [0.1, 0.15) is 18.1 Å². The average Bonchev–Trinajstić information content (AvgIpc) is 2.28. The maximum absolute atomic E-state index is 11.2. The van der Waals surface area contributed by atoms with Crippen LogP contribution >= 0.6 is 23.4 Å². The van der Waals surface area contributed by atoms with Crippen molar-refractivity contribution in [1.29, 1.82) is 0 Å². The fourth-order valence-corrected chi connectivity index (χ4v) is 2.26. The molecule has 0 saturated carbocycles. The van der Waals surface area contributed by atoms with E-state index in [0.29, 0.717) is 6.42 Å². The highest BCUT2D eigenvalue weighted by molar-refractivity contribution is 7.98. The number of hydrogen-bond donors (Lipinski definition) is 0. The van der Waals surface area contributed by atoms with E-state index in [1.54, 1.807) is 11.8 Å². The molecule has 0 heterocycles. The molecule has 0 saturated heterocycles. The lowest BCUT2D eigenvalue weighted by atomic mass is 10.0. The van der Waals surface area contributed by atoms with Gasteiger partial charge in [-0.25, -0.2) is 0 Å². The summed E-state index contributed by atoms with van der Waals surface area (Å²) < 4.78 is 0. The van der Waals surface area contributed by atoms with E-state index in [0.717, 1.165) is 12.0 Å². The van der Waals surface area contributed by atoms with E-state index in [4.69, 9.17) is 11.6 Å². The smallest absolute Gasteiger partial charge is 0.151 e. The van der Waals surface area contributed by atoms with Gasteiger partial charge in [-0.1, -0.05) is 19.1 Å². The molecule has 0 aliphatic carbocycles. The lowest BCUT2D eigenvalue weighted by Gasteiger charge is -2.07. The summed E-state index contributed by atoms with van der Waals surface area (Å²) in [5, 5.41) is 0. The number of alkyl halides is 1. The van der Waals surface area contributed by atoms with Gasteiger partial charge in [0.05, 0.1) is 5.88 Å². The lowest BCUT2D eigenvalue weighted by molar-refractivity contribution is -0.116. The van der Waals surface area contributed by atoms with Crippen molar-refractivity contribution in [2.45, 2.75) is 24.7 Å². The summed E-state index contributed by atoms with van der Waals surface area (Å²) in [6, 6.07) is 6.20. The van der Waals surface area contributed by atoms with Crippen molar-refractivity contribution in [2.24, 2.45) is 0 Å². The second-order valence-electron chi connectivity index (χ2n) is 3.35. The zero-order valence-corrected chi connectivity index (χ0v) is 10.6. The Hall–Kier alpha value is -0.470. The van der Waals surface area contributed by atoms with Gasteiger partial charge in [-0.15, -0.1) is 23.4 Å². The Bertz CT molecular complexity index is 349. The first-order chi connectivity index (χ1) is 7.21. The number of rotatable bonds is 5. The normalized spacial score (nSPS) is 10.3. The molecule has 0 radical (unpaired) electrons. The Kier molecular flexibility index (Phi) is 5.20. The molecule has 0 unspecified atom stereocenters. The molecule has 0 aromatic heterocycles. The Labute approximate surface area is 100 Å². The van der Waals surface area contributed by atoms with Crippen molar-refractivity contribution in [3.63, 3.8) is 0 Å². The topological polar surface area (TPSA) is 17.1 Å². The number of ketones is 1. The predicted octanol–water partition coefficient (Wildman–Crippen LogP) is 3.32. The molecule has 0 atom stereocenters. The Morgan fingerprint density at radius 1 is 1.47 bits per heavy atom. The fraction of sp³-hybridized carbons (Fsp3) is 0.417. The summed E-state index contributed by atoms with van der Waals surface area (Å²) in [5.41, 5.74) is 2.37. The van der Waals surface area contributed by atoms with Gasteiger partial charge in [-0.05, 0) is 29.9 Å². The highest BCUT2D eigenvalue weighted by atomic mass is 35.5. The average molecular weight is 243 g/mol. The van der Waals surface area contributed by atoms with Crippen LogP contribution in [0.25, 0.3) is 0 Å². The zero-order chi connectivity index (χ0) is 11.3. The zero-order valence-electron chi connectivity index (χ0n) is 9.05. The molecule has 1 rings (SSSR count). The molecule has 0 aliphatic heterocycles.